The molecule has 1 aliphatic carbocycles. The number of oxazole rings is 1. The molecule has 0 bridgehead atoms. The minimum Gasteiger partial charge on any atom is -0.439 e. The van der Waals surface area contributed by atoms with Crippen LogP contribution in [0.3, 0.4) is 0 Å². The van der Waals surface area contributed by atoms with Crippen LogP contribution in [0.5, 0.6) is 0 Å². The van der Waals surface area contributed by atoms with Gasteiger partial charge < -0.3 is 15.1 Å². The Morgan fingerprint density at radius 2 is 1.94 bits per heavy atom. The number of amides is 1. The average molecular weight is 429 g/mol. The van der Waals surface area contributed by atoms with Crippen LogP contribution >= 0.6 is 0 Å². The predicted molar refractivity (Wildman–Crippen MR) is 113 cm³/mol. The zero-order chi connectivity index (χ0) is 21.8. The van der Waals surface area contributed by atoms with Gasteiger partial charge in [0.1, 0.15) is 24.9 Å². The van der Waals surface area contributed by atoms with Crippen molar-refractivity contribution in [3.63, 3.8) is 0 Å². The highest BCUT2D eigenvalue weighted by Crippen LogP contribution is 2.27. The van der Waals surface area contributed by atoms with Gasteiger partial charge in [0.05, 0.1) is 17.8 Å². The number of nitrogens with one attached hydrogen (secondary N) is 2. The fourth-order valence-electron chi connectivity index (χ4n) is 3.92. The zero-order valence-corrected chi connectivity index (χ0v) is 17.3. The first-order valence-electron chi connectivity index (χ1n) is 10.4. The summed E-state index contributed by atoms with van der Waals surface area (Å²) in [5, 5.41) is 6.72. The minimum absolute atomic E-state index is 0.0432. The molecule has 164 valence electrons. The van der Waals surface area contributed by atoms with E-state index in [2.05, 4.69) is 25.6 Å². The molecule has 9 heteroatoms. The Balaban J connectivity index is 1.39. The number of hydrogen-bond acceptors (Lipinski definition) is 6. The lowest BCUT2D eigenvalue weighted by Gasteiger charge is -2.30. The third kappa shape index (κ3) is 5.04. The largest absolute Gasteiger partial charge is 0.439 e. The third-order valence-corrected chi connectivity index (χ3v) is 5.64. The number of nitrogens with zero attached hydrogens (tertiary/aromatic N) is 3. The number of carbonyl (C=O) groups excluding carboxylic acids is 1. The van der Waals surface area contributed by atoms with Gasteiger partial charge in [-0.1, -0.05) is 0 Å². The fraction of sp³-hybridized carbons (Fsp3) is 0.455. The number of rotatable bonds is 7. The highest BCUT2D eigenvalue weighted by molar-refractivity contribution is 5.93. The number of hydrogen-bond donors (Lipinski definition) is 2. The molecule has 1 aliphatic rings. The van der Waals surface area contributed by atoms with Crippen LogP contribution in [-0.4, -0.2) is 46.3 Å². The SMILES string of the molecule is Cc1ncc(-c2ccc3cnc(NC(=O)C4CCC(NC(CF)CF)CC4)cc3n2)o1. The number of alkyl halides is 2. The van der Waals surface area contributed by atoms with Crippen LogP contribution in [0, 0.1) is 12.8 Å². The van der Waals surface area contributed by atoms with Crippen molar-refractivity contribution in [3.8, 4) is 11.5 Å². The molecule has 3 aromatic rings. The molecule has 2 N–H and O–H groups in total. The van der Waals surface area contributed by atoms with Crippen LogP contribution < -0.4 is 10.6 Å². The van der Waals surface area contributed by atoms with Crippen molar-refractivity contribution in [2.24, 2.45) is 5.92 Å². The molecule has 0 aromatic carbocycles. The Kier molecular flexibility index (Phi) is 6.50. The van der Waals surface area contributed by atoms with Crippen molar-refractivity contribution in [3.05, 3.63) is 36.5 Å². The number of pyridine rings is 2. The van der Waals surface area contributed by atoms with E-state index in [1.807, 2.05) is 12.1 Å². The van der Waals surface area contributed by atoms with Gasteiger partial charge in [-0.2, -0.15) is 0 Å². The molecule has 0 saturated heterocycles. The van der Waals surface area contributed by atoms with Crippen molar-refractivity contribution in [2.75, 3.05) is 18.7 Å². The van der Waals surface area contributed by atoms with Crippen molar-refractivity contribution < 1.29 is 18.0 Å². The van der Waals surface area contributed by atoms with E-state index in [-0.39, 0.29) is 17.9 Å². The van der Waals surface area contributed by atoms with E-state index >= 15 is 0 Å². The minimum atomic E-state index is -0.754. The molecule has 0 unspecified atom stereocenters. The summed E-state index contributed by atoms with van der Waals surface area (Å²) in [6, 6.07) is 4.76. The van der Waals surface area contributed by atoms with Crippen molar-refractivity contribution in [1.29, 1.82) is 0 Å². The summed E-state index contributed by atoms with van der Waals surface area (Å²) in [5.74, 6) is 1.33. The number of aryl methyl sites for hydroxylation is 1. The maximum Gasteiger partial charge on any atom is 0.228 e. The van der Waals surface area contributed by atoms with Gasteiger partial charge in [-0.15, -0.1) is 0 Å². The second kappa shape index (κ2) is 9.47. The number of anilines is 1. The monoisotopic (exact) mass is 429 g/mol. The lowest BCUT2D eigenvalue weighted by molar-refractivity contribution is -0.120. The van der Waals surface area contributed by atoms with Gasteiger partial charge in [0.15, 0.2) is 11.7 Å². The van der Waals surface area contributed by atoms with Crippen molar-refractivity contribution in [2.45, 2.75) is 44.7 Å². The lowest BCUT2D eigenvalue weighted by atomic mass is 9.85. The second-order valence-corrected chi connectivity index (χ2v) is 7.91. The molecule has 1 saturated carbocycles. The molecule has 31 heavy (non-hydrogen) atoms. The number of carbonyl (C=O) groups is 1. The van der Waals surface area contributed by atoms with E-state index in [4.69, 9.17) is 4.42 Å². The molecule has 1 fully saturated rings. The van der Waals surface area contributed by atoms with E-state index in [0.717, 1.165) is 5.39 Å². The molecule has 1 amide bonds. The van der Waals surface area contributed by atoms with Crippen molar-refractivity contribution in [1.82, 2.24) is 20.3 Å². The van der Waals surface area contributed by atoms with E-state index in [1.165, 1.54) is 0 Å². The van der Waals surface area contributed by atoms with E-state index < -0.39 is 19.4 Å². The van der Waals surface area contributed by atoms with Gasteiger partial charge in [0.25, 0.3) is 0 Å². The molecular weight excluding hydrogens is 404 g/mol. The molecule has 0 spiro atoms. The summed E-state index contributed by atoms with van der Waals surface area (Å²) in [4.78, 5) is 25.7. The maximum absolute atomic E-state index is 12.7. The van der Waals surface area contributed by atoms with Gasteiger partial charge in [0, 0.05) is 36.5 Å². The lowest BCUT2D eigenvalue weighted by Crippen LogP contribution is -2.44. The second-order valence-electron chi connectivity index (χ2n) is 7.91. The average Bonchev–Trinajstić information content (AvgIpc) is 3.23. The molecule has 7 nitrogen and oxygen atoms in total. The fourth-order valence-corrected chi connectivity index (χ4v) is 3.92. The topological polar surface area (TPSA) is 92.9 Å². The van der Waals surface area contributed by atoms with E-state index in [0.29, 0.717) is 54.4 Å². The van der Waals surface area contributed by atoms with Gasteiger partial charge in [-0.05, 0) is 37.8 Å². The zero-order valence-electron chi connectivity index (χ0n) is 17.3. The summed E-state index contributed by atoms with van der Waals surface area (Å²) < 4.78 is 30.9. The summed E-state index contributed by atoms with van der Waals surface area (Å²) in [5.41, 5.74) is 1.34. The molecule has 3 aromatic heterocycles. The normalized spacial score (nSPS) is 19.1. The molecule has 0 radical (unpaired) electrons. The van der Waals surface area contributed by atoms with Gasteiger partial charge in [-0.3, -0.25) is 4.79 Å². The van der Waals surface area contributed by atoms with Gasteiger partial charge >= 0.3 is 0 Å². The Morgan fingerprint density at radius 3 is 2.61 bits per heavy atom. The summed E-state index contributed by atoms with van der Waals surface area (Å²) in [6.07, 6.45) is 6.04. The van der Waals surface area contributed by atoms with Crippen LogP contribution in [0.15, 0.2) is 35.0 Å². The summed E-state index contributed by atoms with van der Waals surface area (Å²) in [6.45, 7) is 0.318. The third-order valence-electron chi connectivity index (χ3n) is 5.64. The Hall–Kier alpha value is -2.94. The first-order valence-corrected chi connectivity index (χ1v) is 10.4. The summed E-state index contributed by atoms with van der Waals surface area (Å²) in [7, 11) is 0. The Morgan fingerprint density at radius 1 is 1.16 bits per heavy atom. The molecular formula is C22H25F2N5O2. The van der Waals surface area contributed by atoms with Crippen LogP contribution in [0.4, 0.5) is 14.6 Å². The van der Waals surface area contributed by atoms with Crippen LogP contribution in [-0.2, 0) is 4.79 Å². The first-order chi connectivity index (χ1) is 15.1. The number of halogens is 2. The molecule has 4 rings (SSSR count). The van der Waals surface area contributed by atoms with E-state index in [9.17, 15) is 13.6 Å². The van der Waals surface area contributed by atoms with Crippen LogP contribution in [0.25, 0.3) is 22.4 Å². The maximum atomic E-state index is 12.7. The Bertz CT molecular complexity index is 1050. The smallest absolute Gasteiger partial charge is 0.228 e. The highest BCUT2D eigenvalue weighted by atomic mass is 19.1. The molecule has 0 atom stereocenters. The van der Waals surface area contributed by atoms with Gasteiger partial charge in [-0.25, -0.2) is 23.7 Å². The molecule has 0 aliphatic heterocycles. The van der Waals surface area contributed by atoms with E-state index in [1.54, 1.807) is 25.4 Å². The quantitative estimate of drug-likeness (QED) is 0.590. The van der Waals surface area contributed by atoms with Gasteiger partial charge in [0.2, 0.25) is 5.91 Å². The highest BCUT2D eigenvalue weighted by Gasteiger charge is 2.27. The number of fused-ring (bicyclic) bond motifs is 1. The predicted octanol–water partition coefficient (Wildman–Crippen LogP) is 3.99. The Labute approximate surface area is 178 Å². The standard InChI is InChI=1S/C22H25F2N5O2/c1-13-25-12-20(31-13)18-7-4-15-11-26-21(8-19(15)28-18)29-22(30)14-2-5-16(6-3-14)27-17(9-23)10-24/h4,7-8,11-12,14,16-17,27H,2-3,5-6,9-10H2,1H3,(H,26,29,30). The van der Waals surface area contributed by atoms with Crippen LogP contribution in [0.2, 0.25) is 0 Å². The van der Waals surface area contributed by atoms with Crippen LogP contribution in [0.1, 0.15) is 31.6 Å². The van der Waals surface area contributed by atoms with Crippen molar-refractivity contribution >= 4 is 22.6 Å². The first kappa shape index (κ1) is 21.3. The summed E-state index contributed by atoms with van der Waals surface area (Å²) >= 11 is 0. The molecule has 3 heterocycles. The number of aromatic nitrogens is 3.